The van der Waals surface area contributed by atoms with Gasteiger partial charge in [-0.15, -0.1) is 0 Å². The summed E-state index contributed by atoms with van der Waals surface area (Å²) in [5, 5.41) is 0. The third kappa shape index (κ3) is 8.58. The predicted octanol–water partition coefficient (Wildman–Crippen LogP) is 2.95. The molecule has 74 valence electrons. The van der Waals surface area contributed by atoms with Crippen LogP contribution in [0.25, 0.3) is 0 Å². The monoisotopic (exact) mass is 228 g/mol. The van der Waals surface area contributed by atoms with E-state index in [4.69, 9.17) is 0 Å². The van der Waals surface area contributed by atoms with Gasteiger partial charge >= 0.3 is 0 Å². The van der Waals surface area contributed by atoms with Gasteiger partial charge in [-0.05, 0) is 57.8 Å². The van der Waals surface area contributed by atoms with E-state index in [0.29, 0.717) is 0 Å². The first kappa shape index (κ1) is 14.0. The van der Waals surface area contributed by atoms with Crippen molar-refractivity contribution in [2.45, 2.75) is 0 Å². The molecule has 10 radical (unpaired) electrons. The first-order chi connectivity index (χ1) is 6.50. The molecule has 0 aliphatic heterocycles. The molecule has 0 heterocycles. The van der Waals surface area contributed by atoms with E-state index in [1.54, 1.807) is 0 Å². The molecule has 2 rings (SSSR count). The zero-order chi connectivity index (χ0) is 9.19. The van der Waals surface area contributed by atoms with Gasteiger partial charge in [0.15, 0.2) is 0 Å². The topological polar surface area (TPSA) is 0 Å². The summed E-state index contributed by atoms with van der Waals surface area (Å²) < 4.78 is 0. The Morgan fingerprint density at radius 3 is 0.714 bits per heavy atom. The summed E-state index contributed by atoms with van der Waals surface area (Å²) in [7, 11) is 0. The number of hydrogen-bond donors (Lipinski definition) is 0. The molecule has 0 aromatic rings. The van der Waals surface area contributed by atoms with Crippen LogP contribution < -0.4 is 0 Å². The van der Waals surface area contributed by atoms with Gasteiger partial charge in [-0.1, -0.05) is 24.3 Å². The van der Waals surface area contributed by atoms with Crippen molar-refractivity contribution in [1.82, 2.24) is 0 Å². The Balaban J connectivity index is 0.000000246. The maximum Gasteiger partial charge on any atom is 0 e. The summed E-state index contributed by atoms with van der Waals surface area (Å²) in [5.74, 6) is 0. The predicted molar refractivity (Wildman–Crippen MR) is 57.0 cm³/mol. The fourth-order valence-electron chi connectivity index (χ4n) is 0.834. The first-order valence-corrected chi connectivity index (χ1v) is 4.33. The molecule has 2 aliphatic carbocycles. The summed E-state index contributed by atoms with van der Waals surface area (Å²) in [6.07, 6.45) is 26.0. The van der Waals surface area contributed by atoms with Crippen LogP contribution in [0, 0.1) is 57.8 Å². The third-order valence-corrected chi connectivity index (χ3v) is 1.44. The van der Waals surface area contributed by atoms with Gasteiger partial charge in [-0.3, -0.25) is 0 Å². The van der Waals surface area contributed by atoms with E-state index < -0.39 is 0 Å². The Morgan fingerprint density at radius 1 is 0.286 bits per heavy atom. The summed E-state index contributed by atoms with van der Waals surface area (Å²) in [6, 6.07) is 0. The average Bonchev–Trinajstić information content (AvgIpc) is 2.58. The minimum Gasteiger partial charge on any atom is -0.0839 e. The zero-order valence-corrected chi connectivity index (χ0v) is 8.88. The van der Waals surface area contributed by atoms with E-state index in [0.717, 1.165) is 0 Å². The van der Waals surface area contributed by atoms with E-state index in [2.05, 4.69) is 0 Å². The molecule has 1 heteroatoms. The van der Waals surface area contributed by atoms with Crippen LogP contribution in [0.15, 0.2) is 24.3 Å². The fraction of sp³-hybridized carbons (Fsp3) is 0. The smallest absolute Gasteiger partial charge is 0 e. The Bertz CT molecular complexity index is 121. The second-order valence-corrected chi connectivity index (χ2v) is 2.50. The van der Waals surface area contributed by atoms with E-state index >= 15 is 0 Å². The largest absolute Gasteiger partial charge is 0.0839 e. The van der Waals surface area contributed by atoms with Crippen molar-refractivity contribution in [3.63, 3.8) is 0 Å². The molecule has 0 N–H and O–H groups in total. The van der Waals surface area contributed by atoms with Crippen LogP contribution in [0.3, 0.4) is 0 Å². The van der Waals surface area contributed by atoms with Gasteiger partial charge in [-0.25, -0.2) is 0 Å². The Kier molecular flexibility index (Phi) is 11.1. The average molecular weight is 228 g/mol. The molecule has 1 fully saturated rings. The first-order valence-electron chi connectivity index (χ1n) is 4.33. The van der Waals surface area contributed by atoms with E-state index in [1.807, 2.05) is 82.1 Å². The van der Waals surface area contributed by atoms with Gasteiger partial charge in [0, 0.05) is 16.8 Å². The molecular weight excluding hydrogens is 215 g/mol. The maximum atomic E-state index is 2.00. The second-order valence-electron chi connectivity index (χ2n) is 2.50. The molecule has 0 saturated heterocycles. The van der Waals surface area contributed by atoms with Gasteiger partial charge < -0.3 is 0 Å². The fourth-order valence-corrected chi connectivity index (χ4v) is 0.834. The molecule has 0 nitrogen and oxygen atoms in total. The number of allylic oxidation sites excluding steroid dienone is 4. The second kappa shape index (κ2) is 11.1. The molecule has 2 aliphatic rings. The van der Waals surface area contributed by atoms with Crippen molar-refractivity contribution < 1.29 is 16.8 Å². The van der Waals surface area contributed by atoms with Crippen LogP contribution in [0.5, 0.6) is 0 Å². The van der Waals surface area contributed by atoms with E-state index in [1.165, 1.54) is 0 Å². The molecule has 1 saturated carbocycles. The maximum absolute atomic E-state index is 2.00. The van der Waals surface area contributed by atoms with Crippen molar-refractivity contribution >= 4 is 0 Å². The molecule has 0 aromatic heterocycles. The molecule has 0 aromatic carbocycles. The Labute approximate surface area is 99.1 Å². The SMILES string of the molecule is [CH]1[CH]/C=C\[CH][CH]/C=C\1.[CH]1[CH][CH][CH][CH]1.[Co]. The van der Waals surface area contributed by atoms with E-state index in [9.17, 15) is 0 Å². The van der Waals surface area contributed by atoms with Gasteiger partial charge in [0.25, 0.3) is 0 Å². The molecular formula is C13H13Co. The summed E-state index contributed by atoms with van der Waals surface area (Å²) in [6.45, 7) is 0. The number of hydrogen-bond acceptors (Lipinski definition) is 0. The van der Waals surface area contributed by atoms with Crippen molar-refractivity contribution in [3.8, 4) is 0 Å². The Morgan fingerprint density at radius 2 is 0.500 bits per heavy atom. The van der Waals surface area contributed by atoms with Crippen molar-refractivity contribution in [2.75, 3.05) is 0 Å². The third-order valence-electron chi connectivity index (χ3n) is 1.44. The minimum absolute atomic E-state index is 0. The van der Waals surface area contributed by atoms with Crippen molar-refractivity contribution in [2.24, 2.45) is 0 Å². The van der Waals surface area contributed by atoms with E-state index in [-0.39, 0.29) is 16.8 Å². The van der Waals surface area contributed by atoms with Crippen LogP contribution >= 0.6 is 0 Å². The van der Waals surface area contributed by atoms with Crippen LogP contribution in [0.2, 0.25) is 0 Å². The quantitative estimate of drug-likeness (QED) is 0.598. The molecule has 0 bridgehead atoms. The molecule has 0 unspecified atom stereocenters. The summed E-state index contributed by atoms with van der Waals surface area (Å²) in [4.78, 5) is 0. The van der Waals surface area contributed by atoms with Gasteiger partial charge in [0.1, 0.15) is 0 Å². The molecule has 0 atom stereocenters. The van der Waals surface area contributed by atoms with Gasteiger partial charge in [0.05, 0.1) is 0 Å². The Hall–Kier alpha value is -0.0135. The minimum atomic E-state index is 0. The summed E-state index contributed by atoms with van der Waals surface area (Å²) in [5.41, 5.74) is 0. The van der Waals surface area contributed by atoms with Crippen LogP contribution in [0.4, 0.5) is 0 Å². The molecule has 0 amide bonds. The normalized spacial score (nSPS) is 24.6. The van der Waals surface area contributed by atoms with Gasteiger partial charge in [0.2, 0.25) is 0 Å². The molecule has 0 spiro atoms. The van der Waals surface area contributed by atoms with Crippen molar-refractivity contribution in [1.29, 1.82) is 0 Å². The van der Waals surface area contributed by atoms with Crippen LogP contribution in [0.1, 0.15) is 0 Å². The van der Waals surface area contributed by atoms with Crippen molar-refractivity contribution in [3.05, 3.63) is 82.1 Å². The standard InChI is InChI=1S/C8H8.C5H5.Co/c1-2-4-6-8-7-5-3-1;1-2-4-5-3-1;/h1-8H;1-5H;/b2-1-,8-7-;;. The molecule has 14 heavy (non-hydrogen) atoms. The van der Waals surface area contributed by atoms with Crippen LogP contribution in [-0.4, -0.2) is 0 Å². The van der Waals surface area contributed by atoms with Crippen LogP contribution in [-0.2, 0) is 16.8 Å². The van der Waals surface area contributed by atoms with Gasteiger partial charge in [-0.2, -0.15) is 0 Å². The number of rotatable bonds is 0. The summed E-state index contributed by atoms with van der Waals surface area (Å²) >= 11 is 0. The zero-order valence-electron chi connectivity index (χ0n) is 7.84.